The molecule has 1 N–H and O–H groups in total. The van der Waals surface area contributed by atoms with Gasteiger partial charge in [-0.15, -0.1) is 0 Å². The van der Waals surface area contributed by atoms with Crippen molar-refractivity contribution in [2.24, 2.45) is 7.05 Å². The summed E-state index contributed by atoms with van der Waals surface area (Å²) in [6.07, 6.45) is 0. The fraction of sp³-hybridized carbons (Fsp3) is 0.185. The van der Waals surface area contributed by atoms with Crippen molar-refractivity contribution in [3.8, 4) is 5.69 Å². The van der Waals surface area contributed by atoms with Gasteiger partial charge in [-0.05, 0) is 43.7 Å². The molecule has 1 atom stereocenters. The quantitative estimate of drug-likeness (QED) is 0.397. The third-order valence-electron chi connectivity index (χ3n) is 6.07. The summed E-state index contributed by atoms with van der Waals surface area (Å²) < 4.78 is 31.4. The average Bonchev–Trinajstić information content (AvgIpc) is 3.11. The van der Waals surface area contributed by atoms with E-state index in [4.69, 9.17) is 0 Å². The van der Waals surface area contributed by atoms with Gasteiger partial charge in [0.25, 0.3) is 15.6 Å². The number of hydrogen-bond acceptors (Lipinski definition) is 4. The minimum Gasteiger partial charge on any atom is -0.348 e. The molecule has 0 spiro atoms. The number of rotatable bonds is 8. The second-order valence-electron chi connectivity index (χ2n) is 8.43. The monoisotopic (exact) mass is 504 g/mol. The van der Waals surface area contributed by atoms with Crippen LogP contribution < -0.4 is 15.2 Å². The Morgan fingerprint density at radius 1 is 0.917 bits per heavy atom. The van der Waals surface area contributed by atoms with Crippen molar-refractivity contribution in [3.05, 3.63) is 113 Å². The highest BCUT2D eigenvalue weighted by molar-refractivity contribution is 7.92. The zero-order valence-corrected chi connectivity index (χ0v) is 21.1. The molecule has 1 amide bonds. The molecule has 3 aromatic carbocycles. The van der Waals surface area contributed by atoms with Gasteiger partial charge in [-0.3, -0.25) is 14.3 Å². The molecule has 0 fully saturated rings. The van der Waals surface area contributed by atoms with Crippen LogP contribution in [0.25, 0.3) is 5.69 Å². The third kappa shape index (κ3) is 4.83. The third-order valence-corrected chi connectivity index (χ3v) is 7.83. The summed E-state index contributed by atoms with van der Waals surface area (Å²) in [7, 11) is -2.56. The van der Waals surface area contributed by atoms with Gasteiger partial charge in [0.2, 0.25) is 5.91 Å². The number of benzene rings is 3. The molecule has 186 valence electrons. The van der Waals surface area contributed by atoms with Crippen LogP contribution in [0.2, 0.25) is 0 Å². The Hall–Kier alpha value is -4.11. The fourth-order valence-corrected chi connectivity index (χ4v) is 5.58. The van der Waals surface area contributed by atoms with Gasteiger partial charge in [-0.25, -0.2) is 17.4 Å². The summed E-state index contributed by atoms with van der Waals surface area (Å²) in [5.74, 6) is -0.528. The van der Waals surface area contributed by atoms with Gasteiger partial charge in [-0.2, -0.15) is 0 Å². The number of hydrogen-bond donors (Lipinski definition) is 1. The van der Waals surface area contributed by atoms with E-state index in [2.05, 4.69) is 5.32 Å². The summed E-state index contributed by atoms with van der Waals surface area (Å²) >= 11 is 0. The predicted molar refractivity (Wildman–Crippen MR) is 140 cm³/mol. The van der Waals surface area contributed by atoms with Crippen LogP contribution in [-0.2, 0) is 21.9 Å². The van der Waals surface area contributed by atoms with Gasteiger partial charge >= 0.3 is 0 Å². The molecule has 0 radical (unpaired) electrons. The summed E-state index contributed by atoms with van der Waals surface area (Å²) in [6, 6.07) is 25.7. The van der Waals surface area contributed by atoms with E-state index in [1.54, 1.807) is 61.1 Å². The maximum atomic E-state index is 13.8. The highest BCUT2D eigenvalue weighted by Crippen LogP contribution is 2.25. The minimum atomic E-state index is -4.23. The molecule has 0 unspecified atom stereocenters. The molecule has 1 heterocycles. The highest BCUT2D eigenvalue weighted by Gasteiger charge is 2.33. The van der Waals surface area contributed by atoms with Crippen LogP contribution >= 0.6 is 0 Å². The Morgan fingerprint density at radius 3 is 2.03 bits per heavy atom. The van der Waals surface area contributed by atoms with Crippen LogP contribution in [0.1, 0.15) is 24.2 Å². The lowest BCUT2D eigenvalue weighted by Gasteiger charge is -2.24. The van der Waals surface area contributed by atoms with E-state index in [-0.39, 0.29) is 16.6 Å². The number of sulfonamides is 1. The van der Waals surface area contributed by atoms with Gasteiger partial charge in [0.05, 0.1) is 22.3 Å². The minimum absolute atomic E-state index is 0.0113. The van der Waals surface area contributed by atoms with Crippen LogP contribution in [0, 0.1) is 6.92 Å². The summed E-state index contributed by atoms with van der Waals surface area (Å²) in [4.78, 5) is 26.8. The van der Waals surface area contributed by atoms with Gasteiger partial charge < -0.3 is 5.32 Å². The number of anilines is 1. The molecule has 8 nitrogen and oxygen atoms in total. The van der Waals surface area contributed by atoms with Crippen molar-refractivity contribution in [1.29, 1.82) is 0 Å². The van der Waals surface area contributed by atoms with E-state index in [9.17, 15) is 18.0 Å². The topological polar surface area (TPSA) is 93.4 Å². The Morgan fingerprint density at radius 2 is 1.44 bits per heavy atom. The zero-order valence-electron chi connectivity index (χ0n) is 20.3. The van der Waals surface area contributed by atoms with Crippen LogP contribution in [0.5, 0.6) is 0 Å². The van der Waals surface area contributed by atoms with E-state index in [0.29, 0.717) is 11.4 Å². The van der Waals surface area contributed by atoms with Crippen molar-refractivity contribution in [1.82, 2.24) is 14.7 Å². The molecular weight excluding hydrogens is 476 g/mol. The number of carbonyl (C=O) groups is 1. The first-order valence-corrected chi connectivity index (χ1v) is 12.9. The van der Waals surface area contributed by atoms with Crippen LogP contribution in [0.3, 0.4) is 0 Å². The summed E-state index contributed by atoms with van der Waals surface area (Å²) in [5.41, 5.74) is 1.26. The number of nitrogens with one attached hydrogen (secondary N) is 1. The normalized spacial score (nSPS) is 12.2. The predicted octanol–water partition coefficient (Wildman–Crippen LogP) is 3.56. The lowest BCUT2D eigenvalue weighted by molar-refractivity contribution is -0.120. The molecule has 36 heavy (non-hydrogen) atoms. The van der Waals surface area contributed by atoms with Crippen molar-refractivity contribution < 1.29 is 13.2 Å². The Labute approximate surface area is 210 Å². The van der Waals surface area contributed by atoms with E-state index in [1.807, 2.05) is 43.3 Å². The Balaban J connectivity index is 1.79. The lowest BCUT2D eigenvalue weighted by atomic mass is 10.1. The van der Waals surface area contributed by atoms with Crippen molar-refractivity contribution in [2.75, 3.05) is 10.8 Å². The number of carbonyl (C=O) groups excluding carboxylic acids is 1. The van der Waals surface area contributed by atoms with Gasteiger partial charge in [0, 0.05) is 7.05 Å². The second kappa shape index (κ2) is 10.2. The number of nitrogens with zero attached hydrogens (tertiary/aromatic N) is 3. The van der Waals surface area contributed by atoms with E-state index >= 15 is 0 Å². The van der Waals surface area contributed by atoms with Gasteiger partial charge in [0.1, 0.15) is 12.2 Å². The molecule has 0 bridgehead atoms. The van der Waals surface area contributed by atoms with Crippen LogP contribution in [-0.4, -0.2) is 30.2 Å². The second-order valence-corrected chi connectivity index (χ2v) is 10.3. The molecule has 4 rings (SSSR count). The SMILES string of the molecule is Cc1c(N(CC(=O)N[C@@H](C)c2ccccc2)S(=O)(=O)c2ccccc2)c(=O)n(-c2ccccc2)n1C. The molecule has 0 saturated heterocycles. The fourth-order valence-electron chi connectivity index (χ4n) is 4.09. The van der Waals surface area contributed by atoms with Crippen LogP contribution in [0.4, 0.5) is 5.69 Å². The largest absolute Gasteiger partial charge is 0.348 e. The Kier molecular flexibility index (Phi) is 7.12. The maximum absolute atomic E-state index is 13.8. The number of para-hydroxylation sites is 1. The maximum Gasteiger partial charge on any atom is 0.296 e. The number of amides is 1. The summed E-state index contributed by atoms with van der Waals surface area (Å²) in [6.45, 7) is 2.93. The van der Waals surface area contributed by atoms with E-state index < -0.39 is 28.0 Å². The van der Waals surface area contributed by atoms with Crippen molar-refractivity contribution >= 4 is 21.6 Å². The highest BCUT2D eigenvalue weighted by atomic mass is 32.2. The van der Waals surface area contributed by atoms with E-state index in [1.165, 1.54) is 16.8 Å². The molecule has 9 heteroatoms. The molecule has 0 aliphatic heterocycles. The van der Waals surface area contributed by atoms with Crippen molar-refractivity contribution in [3.63, 3.8) is 0 Å². The van der Waals surface area contributed by atoms with Gasteiger partial charge in [-0.1, -0.05) is 66.7 Å². The smallest absolute Gasteiger partial charge is 0.296 e. The zero-order chi connectivity index (χ0) is 25.9. The summed E-state index contributed by atoms with van der Waals surface area (Å²) in [5, 5.41) is 2.85. The molecule has 1 aromatic heterocycles. The van der Waals surface area contributed by atoms with Crippen LogP contribution in [0.15, 0.2) is 101 Å². The molecular formula is C27H28N4O4S. The van der Waals surface area contributed by atoms with Gasteiger partial charge in [0.15, 0.2) is 0 Å². The standard InChI is InChI=1S/C27H28N4O4S/c1-20(22-13-7-4-8-14-22)28-25(32)19-30(36(34,35)24-17-11-6-12-18-24)26-21(2)29(3)31(27(26)33)23-15-9-5-10-16-23/h4-18,20H,19H2,1-3H3,(H,28,32)/t20-/m0/s1. The number of aromatic nitrogens is 2. The molecule has 4 aromatic rings. The molecule has 0 aliphatic carbocycles. The average molecular weight is 505 g/mol. The van der Waals surface area contributed by atoms with E-state index in [0.717, 1.165) is 9.87 Å². The molecule has 0 aliphatic rings. The molecule has 0 saturated carbocycles. The first-order valence-electron chi connectivity index (χ1n) is 11.5. The first kappa shape index (κ1) is 25.0. The Bertz CT molecular complexity index is 1510. The first-order chi connectivity index (χ1) is 17.2. The van der Waals surface area contributed by atoms with Crippen molar-refractivity contribution in [2.45, 2.75) is 24.8 Å². The lowest BCUT2D eigenvalue weighted by Crippen LogP contribution is -2.43.